The van der Waals surface area contributed by atoms with Gasteiger partial charge in [0.25, 0.3) is 0 Å². The predicted octanol–water partition coefficient (Wildman–Crippen LogP) is 13.0. The molecule has 5 heterocycles. The number of allylic oxidation sites excluding steroid dienone is 1. The number of hydrogen-bond acceptors (Lipinski definition) is 15. The van der Waals surface area contributed by atoms with Gasteiger partial charge in [-0.3, -0.25) is 33.8 Å². The number of esters is 3. The van der Waals surface area contributed by atoms with Crippen molar-refractivity contribution in [3.63, 3.8) is 0 Å². The SMILES string of the molecule is C=CC(=O)OC1CCc2cc3c(cc2C1=O)OCc1cc(C(=O)COC(C)=O)ccc1-3.C=CC1=Nc2ccc3cc4c(cc3c2C1)OCc1cc(-c2cnc(C)[nH]2)ccc1-4.CC(=O)OCC(=O)c1ccc2c(c1)COc1cc3c(cc1-2)CCC(Br)C3=O. The Kier molecular flexibility index (Phi) is 15.8. The molecule has 87 heavy (non-hydrogen) atoms. The number of rotatable bonds is 10. The van der Waals surface area contributed by atoms with Crippen molar-refractivity contribution in [3.8, 4) is 61.9 Å². The molecular formula is C70H56BrN3O13. The first-order valence-electron chi connectivity index (χ1n) is 28.3. The van der Waals surface area contributed by atoms with Gasteiger partial charge in [0.2, 0.25) is 5.78 Å². The minimum absolute atomic E-state index is 0.0971. The van der Waals surface area contributed by atoms with Gasteiger partial charge in [0, 0.05) is 71.0 Å². The number of aryl methyl sites for hydroxylation is 3. The number of ether oxygens (including phenoxy) is 6. The first-order valence-corrected chi connectivity index (χ1v) is 29.2. The molecule has 0 saturated heterocycles. The number of benzene rings is 7. The van der Waals surface area contributed by atoms with Crippen molar-refractivity contribution in [3.05, 3.63) is 196 Å². The molecule has 7 aromatic carbocycles. The van der Waals surface area contributed by atoms with Crippen LogP contribution in [0.15, 0.2) is 140 Å². The molecule has 1 N–H and O–H groups in total. The number of aromatic amines is 1. The Labute approximate surface area is 508 Å². The normalized spacial score (nSPS) is 15.8. The van der Waals surface area contributed by atoms with Crippen molar-refractivity contribution in [2.45, 2.75) is 83.6 Å². The van der Waals surface area contributed by atoms with Crippen molar-refractivity contribution in [2.75, 3.05) is 13.2 Å². The lowest BCUT2D eigenvalue weighted by Gasteiger charge is -2.27. The number of nitrogens with zero attached hydrogens (tertiary/aromatic N) is 2. The first-order chi connectivity index (χ1) is 42.0. The molecule has 0 saturated carbocycles. The van der Waals surface area contributed by atoms with E-state index in [9.17, 15) is 33.6 Å². The third-order valence-electron chi connectivity index (χ3n) is 16.2. The Hall–Kier alpha value is -9.87. The van der Waals surface area contributed by atoms with Crippen LogP contribution in [0.4, 0.5) is 5.69 Å². The molecular weight excluding hydrogens is 1170 g/mol. The number of nitrogens with one attached hydrogen (secondary N) is 1. The lowest BCUT2D eigenvalue weighted by molar-refractivity contribution is -0.141. The molecule has 0 spiro atoms. The number of H-pyrrole nitrogens is 1. The number of aromatic nitrogens is 2. The lowest BCUT2D eigenvalue weighted by Crippen LogP contribution is -2.32. The van der Waals surface area contributed by atoms with Crippen molar-refractivity contribution >= 4 is 79.1 Å². The maximum Gasteiger partial charge on any atom is 0.330 e. The highest BCUT2D eigenvalue weighted by Crippen LogP contribution is 2.46. The molecule has 16 nitrogen and oxygen atoms in total. The number of aliphatic imine (C=N–C) groups is 1. The molecule has 1 aromatic heterocycles. The Morgan fingerprint density at radius 3 is 1.75 bits per heavy atom. The van der Waals surface area contributed by atoms with Crippen LogP contribution in [0.5, 0.6) is 17.2 Å². The molecule has 0 fully saturated rings. The van der Waals surface area contributed by atoms with E-state index in [4.69, 9.17) is 28.4 Å². The van der Waals surface area contributed by atoms with E-state index in [0.717, 1.165) is 115 Å². The zero-order valence-corrected chi connectivity index (χ0v) is 49.4. The lowest BCUT2D eigenvalue weighted by atomic mass is 9.84. The molecule has 8 aromatic rings. The topological polar surface area (TPSA) is 216 Å². The van der Waals surface area contributed by atoms with E-state index in [2.05, 4.69) is 86.5 Å². The summed E-state index contributed by atoms with van der Waals surface area (Å²) in [6.07, 6.45) is 7.37. The predicted molar refractivity (Wildman–Crippen MR) is 329 cm³/mol. The number of ketones is 4. The van der Waals surface area contributed by atoms with Gasteiger partial charge in [0.15, 0.2) is 36.7 Å². The van der Waals surface area contributed by atoms with Crippen LogP contribution in [0.1, 0.15) is 107 Å². The number of Topliss-reactive ketones (excluding diaryl/α,β-unsaturated/α-hetero) is 4. The molecule has 0 radical (unpaired) electrons. The first kappa shape index (κ1) is 57.6. The van der Waals surface area contributed by atoms with E-state index >= 15 is 0 Å². The summed E-state index contributed by atoms with van der Waals surface area (Å²) >= 11 is 3.43. The number of halogens is 1. The van der Waals surface area contributed by atoms with E-state index in [1.807, 2.05) is 49.5 Å². The summed E-state index contributed by atoms with van der Waals surface area (Å²) < 4.78 is 32.6. The number of hydrogen-bond donors (Lipinski definition) is 1. The van der Waals surface area contributed by atoms with E-state index in [1.165, 1.54) is 41.3 Å². The van der Waals surface area contributed by atoms with Gasteiger partial charge in [0.05, 0.1) is 22.4 Å². The number of carbonyl (C=O) groups excluding carboxylic acids is 7. The van der Waals surface area contributed by atoms with Crippen LogP contribution in [0.3, 0.4) is 0 Å². The quantitative estimate of drug-likeness (QED) is 0.0443. The number of carbonyl (C=O) groups is 7. The number of alkyl halides is 1. The van der Waals surface area contributed by atoms with E-state index in [0.29, 0.717) is 54.2 Å². The van der Waals surface area contributed by atoms with Gasteiger partial charge in [-0.2, -0.15) is 0 Å². The molecule has 2 atom stereocenters. The summed E-state index contributed by atoms with van der Waals surface area (Å²) in [5.41, 5.74) is 18.5. The van der Waals surface area contributed by atoms with Gasteiger partial charge < -0.3 is 33.4 Å². The third kappa shape index (κ3) is 11.6. The molecule has 14 rings (SSSR count). The van der Waals surface area contributed by atoms with E-state index in [1.54, 1.807) is 30.3 Å². The van der Waals surface area contributed by atoms with Crippen molar-refractivity contribution < 1.29 is 62.0 Å². The Bertz CT molecular complexity index is 4340. The standard InChI is InChI=1S/C25H19N3O.C24H20O7.C21H17BrO5/c1-3-18-10-21-20-11-25-22(9-15(20)5-7-23(21)28-18)19-6-4-16(8-17(19)13-29-25)24-12-26-14(2)27-24;1-3-23(27)31-21-7-5-14-9-19-17-6-4-15(20(26)12-29-13(2)25)8-16(17)11-30-22(19)10-18(14)24(21)28;1-11(23)26-10-19(24)13-2-4-15-14(6-13)9-27-20-8-16-12(7-17(15)20)3-5-18(22)21(16)25/h3-9,11-12H,1,10,13H2,2H3,(H,26,27);3-4,6,8-10,21H,1,5,7,11-12H2,2H3;2,4,6-8,18H,3,5,9-10H2,1H3. The highest BCUT2D eigenvalue weighted by Gasteiger charge is 2.34. The van der Waals surface area contributed by atoms with Crippen molar-refractivity contribution in [1.29, 1.82) is 0 Å². The van der Waals surface area contributed by atoms with Crippen LogP contribution in [-0.2, 0) is 67.7 Å². The van der Waals surface area contributed by atoms with Crippen molar-refractivity contribution in [2.24, 2.45) is 4.99 Å². The summed E-state index contributed by atoms with van der Waals surface area (Å²) in [4.78, 5) is 95.1. The fraction of sp³-hybridized carbons (Fsp3) is 0.214. The smallest absolute Gasteiger partial charge is 0.330 e. The third-order valence-corrected chi connectivity index (χ3v) is 17.0. The maximum absolute atomic E-state index is 12.8. The van der Waals surface area contributed by atoms with E-state index < -0.39 is 24.0 Å². The van der Waals surface area contributed by atoms with Crippen LogP contribution in [-0.4, -0.2) is 80.9 Å². The maximum atomic E-state index is 12.8. The number of imidazole rings is 1. The zero-order chi connectivity index (χ0) is 60.8. The van der Waals surface area contributed by atoms with Gasteiger partial charge in [-0.25, -0.2) is 9.78 Å². The van der Waals surface area contributed by atoms with Crippen LogP contribution in [0.2, 0.25) is 0 Å². The monoisotopic (exact) mass is 1230 g/mol. The highest BCUT2D eigenvalue weighted by atomic mass is 79.9. The largest absolute Gasteiger partial charge is 0.488 e. The summed E-state index contributed by atoms with van der Waals surface area (Å²) in [6, 6.07) is 33.4. The fourth-order valence-electron chi connectivity index (χ4n) is 11.7. The summed E-state index contributed by atoms with van der Waals surface area (Å²) in [5.74, 6) is 0.803. The summed E-state index contributed by atoms with van der Waals surface area (Å²) in [7, 11) is 0. The fourth-order valence-corrected chi connectivity index (χ4v) is 12.2. The second kappa shape index (κ2) is 23.9. The highest BCUT2D eigenvalue weighted by molar-refractivity contribution is 9.10. The molecule has 17 heteroatoms. The molecule has 436 valence electrons. The Balaban J connectivity index is 0.000000128. The molecule has 2 aliphatic carbocycles. The van der Waals surface area contributed by atoms with Gasteiger partial charge >= 0.3 is 17.9 Å². The average molecular weight is 1230 g/mol. The van der Waals surface area contributed by atoms with Gasteiger partial charge in [-0.1, -0.05) is 71.6 Å². The molecule has 0 bridgehead atoms. The van der Waals surface area contributed by atoms with Gasteiger partial charge in [0.1, 0.15) is 42.9 Å². The summed E-state index contributed by atoms with van der Waals surface area (Å²) in [5, 5.41) is 2.43. The average Bonchev–Trinajstić information content (AvgIpc) is 1.78. The second-order valence-electron chi connectivity index (χ2n) is 21.8. The minimum Gasteiger partial charge on any atom is -0.488 e. The van der Waals surface area contributed by atoms with Crippen molar-refractivity contribution in [1.82, 2.24) is 9.97 Å². The van der Waals surface area contributed by atoms with Gasteiger partial charge in [-0.05, 0) is 166 Å². The zero-order valence-electron chi connectivity index (χ0n) is 47.8. The molecule has 2 unspecified atom stereocenters. The molecule has 0 amide bonds. The van der Waals surface area contributed by atoms with Crippen LogP contribution in [0.25, 0.3) is 55.4 Å². The van der Waals surface area contributed by atoms with Gasteiger partial charge in [-0.15, -0.1) is 0 Å². The van der Waals surface area contributed by atoms with Crippen LogP contribution >= 0.6 is 15.9 Å². The molecule has 4 aliphatic heterocycles. The van der Waals surface area contributed by atoms with E-state index in [-0.39, 0.29) is 47.8 Å². The Morgan fingerprint density at radius 2 is 1.18 bits per heavy atom. The Morgan fingerprint density at radius 1 is 0.632 bits per heavy atom. The van der Waals surface area contributed by atoms with Crippen LogP contribution in [0, 0.1) is 6.92 Å². The summed E-state index contributed by atoms with van der Waals surface area (Å²) in [6.45, 7) is 12.3. The molecule has 6 aliphatic rings. The number of fused-ring (bicyclic) bond motifs is 14. The van der Waals surface area contributed by atoms with Crippen LogP contribution < -0.4 is 14.2 Å². The second-order valence-corrected chi connectivity index (χ2v) is 22.9. The minimum atomic E-state index is -0.822.